The van der Waals surface area contributed by atoms with Gasteiger partial charge in [0.25, 0.3) is 0 Å². The van der Waals surface area contributed by atoms with E-state index < -0.39 is 0 Å². The summed E-state index contributed by atoms with van der Waals surface area (Å²) in [7, 11) is 0. The highest BCUT2D eigenvalue weighted by Gasteiger charge is 2.27. The van der Waals surface area contributed by atoms with Gasteiger partial charge in [0.1, 0.15) is 0 Å². The van der Waals surface area contributed by atoms with Crippen LogP contribution in [0.1, 0.15) is 24.8 Å². The molecular weight excluding hydrogens is 206 g/mol. The molecule has 3 N–H and O–H groups in total. The zero-order valence-electron chi connectivity index (χ0n) is 7.86. The maximum atomic E-state index is 9.09. The van der Waals surface area contributed by atoms with Crippen molar-refractivity contribution in [1.29, 1.82) is 0 Å². The zero-order chi connectivity index (χ0) is 9.19. The lowest BCUT2D eigenvalue weighted by Gasteiger charge is -2.28. The molecule has 1 aromatic rings. The fourth-order valence-electron chi connectivity index (χ4n) is 0.952. The Hall–Kier alpha value is -0.0900. The van der Waals surface area contributed by atoms with Gasteiger partial charge < -0.3 is 10.8 Å². The Balaban J connectivity index is 0.00000144. The summed E-state index contributed by atoms with van der Waals surface area (Å²) >= 11 is 1.64. The van der Waals surface area contributed by atoms with Gasteiger partial charge in [0.05, 0.1) is 6.61 Å². The quantitative estimate of drug-likeness (QED) is 0.822. The lowest BCUT2D eigenvalue weighted by atomic mass is 9.85. The molecule has 0 bridgehead atoms. The molecule has 76 valence electrons. The predicted molar refractivity (Wildman–Crippen MR) is 59.4 cm³/mol. The van der Waals surface area contributed by atoms with Crippen LogP contribution in [0.2, 0.25) is 0 Å². The topological polar surface area (TPSA) is 46.2 Å². The van der Waals surface area contributed by atoms with Crippen molar-refractivity contribution < 1.29 is 5.11 Å². The van der Waals surface area contributed by atoms with Crippen LogP contribution in [0.3, 0.4) is 0 Å². The number of rotatable bonds is 3. The van der Waals surface area contributed by atoms with Crippen molar-refractivity contribution in [1.82, 2.24) is 0 Å². The smallest absolute Gasteiger partial charge is 0.0500 e. The SMILES string of the molecule is CC(C)(CO)[C@H](N)c1cccs1.Cl. The van der Waals surface area contributed by atoms with E-state index >= 15 is 0 Å². The van der Waals surface area contributed by atoms with Gasteiger partial charge in [0.15, 0.2) is 0 Å². The van der Waals surface area contributed by atoms with Crippen LogP contribution in [0, 0.1) is 5.41 Å². The van der Waals surface area contributed by atoms with Crippen LogP contribution in [0.25, 0.3) is 0 Å². The molecule has 0 saturated carbocycles. The minimum atomic E-state index is -0.231. The predicted octanol–water partition coefficient (Wildman–Crippen LogP) is 2.19. The summed E-state index contributed by atoms with van der Waals surface area (Å²) < 4.78 is 0. The van der Waals surface area contributed by atoms with E-state index in [-0.39, 0.29) is 30.5 Å². The molecule has 0 spiro atoms. The van der Waals surface area contributed by atoms with Crippen LogP contribution in [0.5, 0.6) is 0 Å². The van der Waals surface area contributed by atoms with Gasteiger partial charge in [-0.05, 0) is 11.4 Å². The zero-order valence-corrected chi connectivity index (χ0v) is 9.49. The third-order valence-electron chi connectivity index (χ3n) is 2.10. The van der Waals surface area contributed by atoms with Crippen molar-refractivity contribution in [2.45, 2.75) is 19.9 Å². The summed E-state index contributed by atoms with van der Waals surface area (Å²) in [5, 5.41) is 11.1. The summed E-state index contributed by atoms with van der Waals surface area (Å²) in [6.07, 6.45) is 0. The minimum Gasteiger partial charge on any atom is -0.396 e. The van der Waals surface area contributed by atoms with E-state index in [9.17, 15) is 0 Å². The van der Waals surface area contributed by atoms with Crippen molar-refractivity contribution in [3.63, 3.8) is 0 Å². The Kier molecular flexibility index (Phi) is 4.92. The molecule has 0 aliphatic rings. The van der Waals surface area contributed by atoms with E-state index in [2.05, 4.69) is 0 Å². The summed E-state index contributed by atoms with van der Waals surface area (Å²) in [4.78, 5) is 1.13. The highest BCUT2D eigenvalue weighted by molar-refractivity contribution is 7.10. The molecule has 4 heteroatoms. The molecule has 13 heavy (non-hydrogen) atoms. The molecule has 1 atom stereocenters. The standard InChI is InChI=1S/C9H15NOS.ClH/c1-9(2,6-11)8(10)7-4-3-5-12-7;/h3-5,8,11H,6,10H2,1-2H3;1H/t8-;/m1./s1. The fraction of sp³-hybridized carbons (Fsp3) is 0.556. The third-order valence-corrected chi connectivity index (χ3v) is 3.05. The second kappa shape index (κ2) is 4.96. The first-order valence-electron chi connectivity index (χ1n) is 3.98. The van der Waals surface area contributed by atoms with Crippen molar-refractivity contribution in [3.8, 4) is 0 Å². The largest absolute Gasteiger partial charge is 0.396 e. The van der Waals surface area contributed by atoms with Gasteiger partial charge in [0.2, 0.25) is 0 Å². The van der Waals surface area contributed by atoms with Crippen molar-refractivity contribution in [2.24, 2.45) is 11.1 Å². The van der Waals surface area contributed by atoms with Crippen LogP contribution >= 0.6 is 23.7 Å². The van der Waals surface area contributed by atoms with E-state index in [1.165, 1.54) is 0 Å². The highest BCUT2D eigenvalue weighted by Crippen LogP contribution is 2.32. The molecular formula is C9H16ClNOS. The Labute approximate surface area is 89.2 Å². The van der Waals surface area contributed by atoms with Crippen LogP contribution in [0.4, 0.5) is 0 Å². The molecule has 0 fully saturated rings. The van der Waals surface area contributed by atoms with Gasteiger partial charge in [-0.15, -0.1) is 23.7 Å². The van der Waals surface area contributed by atoms with Gasteiger partial charge in [-0.25, -0.2) is 0 Å². The molecule has 0 aromatic carbocycles. The highest BCUT2D eigenvalue weighted by atomic mass is 35.5. The van der Waals surface area contributed by atoms with Crippen molar-refractivity contribution in [3.05, 3.63) is 22.4 Å². The number of nitrogens with two attached hydrogens (primary N) is 1. The number of hydrogen-bond acceptors (Lipinski definition) is 3. The molecule has 1 heterocycles. The van der Waals surface area contributed by atoms with Crippen molar-refractivity contribution >= 4 is 23.7 Å². The first kappa shape index (κ1) is 12.9. The number of thiophene rings is 1. The molecule has 0 amide bonds. The second-order valence-corrected chi connectivity index (χ2v) is 4.62. The minimum absolute atomic E-state index is 0. The maximum Gasteiger partial charge on any atom is 0.0500 e. The second-order valence-electron chi connectivity index (χ2n) is 3.64. The number of halogens is 1. The van der Waals surface area contributed by atoms with Gasteiger partial charge in [0, 0.05) is 16.3 Å². The molecule has 0 aliphatic carbocycles. The number of aliphatic hydroxyl groups is 1. The van der Waals surface area contributed by atoms with E-state index in [1.807, 2.05) is 31.4 Å². The Morgan fingerprint density at radius 1 is 1.62 bits per heavy atom. The molecule has 1 rings (SSSR count). The van der Waals surface area contributed by atoms with Crippen LogP contribution in [0.15, 0.2) is 17.5 Å². The molecule has 2 nitrogen and oxygen atoms in total. The lowest BCUT2D eigenvalue weighted by Crippen LogP contribution is -2.31. The summed E-state index contributed by atoms with van der Waals surface area (Å²) in [6, 6.07) is 3.92. The average molecular weight is 222 g/mol. The molecule has 0 aliphatic heterocycles. The monoisotopic (exact) mass is 221 g/mol. The molecule has 0 unspecified atom stereocenters. The van der Waals surface area contributed by atoms with Gasteiger partial charge >= 0.3 is 0 Å². The summed E-state index contributed by atoms with van der Waals surface area (Å²) in [6.45, 7) is 4.06. The maximum absolute atomic E-state index is 9.09. The van der Waals surface area contributed by atoms with Crippen LogP contribution < -0.4 is 5.73 Å². The molecule has 0 radical (unpaired) electrons. The Morgan fingerprint density at radius 2 is 2.23 bits per heavy atom. The summed E-state index contributed by atoms with van der Waals surface area (Å²) in [5.74, 6) is 0. The van der Waals surface area contributed by atoms with E-state index in [0.717, 1.165) is 4.88 Å². The van der Waals surface area contributed by atoms with E-state index in [1.54, 1.807) is 11.3 Å². The Bertz CT molecular complexity index is 236. The molecule has 0 saturated heterocycles. The van der Waals surface area contributed by atoms with Gasteiger partial charge in [-0.3, -0.25) is 0 Å². The lowest BCUT2D eigenvalue weighted by molar-refractivity contribution is 0.133. The number of hydrogen-bond donors (Lipinski definition) is 2. The van der Waals surface area contributed by atoms with Gasteiger partial charge in [-0.1, -0.05) is 19.9 Å². The van der Waals surface area contributed by atoms with E-state index in [0.29, 0.717) is 0 Å². The Morgan fingerprint density at radius 3 is 2.62 bits per heavy atom. The first-order valence-corrected chi connectivity index (χ1v) is 4.86. The fourth-order valence-corrected chi connectivity index (χ4v) is 1.89. The first-order chi connectivity index (χ1) is 5.58. The van der Waals surface area contributed by atoms with Gasteiger partial charge in [-0.2, -0.15) is 0 Å². The number of aliphatic hydroxyl groups excluding tert-OH is 1. The van der Waals surface area contributed by atoms with E-state index in [4.69, 9.17) is 10.8 Å². The van der Waals surface area contributed by atoms with Crippen molar-refractivity contribution in [2.75, 3.05) is 6.61 Å². The van der Waals surface area contributed by atoms with Crippen LogP contribution in [-0.4, -0.2) is 11.7 Å². The molecule has 1 aromatic heterocycles. The average Bonchev–Trinajstić information content (AvgIpc) is 2.55. The summed E-state index contributed by atoms with van der Waals surface area (Å²) in [5.41, 5.74) is 5.75. The normalized spacial score (nSPS) is 13.5. The third kappa shape index (κ3) is 2.95. The van der Waals surface area contributed by atoms with Crippen LogP contribution in [-0.2, 0) is 0 Å².